The van der Waals surface area contributed by atoms with Gasteiger partial charge in [0.15, 0.2) is 0 Å². The highest BCUT2D eigenvalue weighted by Crippen LogP contribution is 2.30. The number of aromatic nitrogens is 3. The molecule has 2 aromatic heterocycles. The summed E-state index contributed by atoms with van der Waals surface area (Å²) in [7, 11) is 0. The molecule has 3 heterocycles. The SMILES string of the molecule is c1cc(-c2noc([C@@H]3CCN(CC4CCCCC4)C3)n2)ccn1. The van der Waals surface area contributed by atoms with Crippen LogP contribution in [0.15, 0.2) is 29.0 Å². The summed E-state index contributed by atoms with van der Waals surface area (Å²) in [6.07, 6.45) is 11.7. The molecule has 2 aromatic rings. The Balaban J connectivity index is 1.37. The van der Waals surface area contributed by atoms with Gasteiger partial charge in [-0.3, -0.25) is 4.98 Å². The van der Waals surface area contributed by atoms with Gasteiger partial charge in [-0.05, 0) is 43.9 Å². The summed E-state index contributed by atoms with van der Waals surface area (Å²) in [5.41, 5.74) is 0.965. The van der Waals surface area contributed by atoms with Gasteiger partial charge in [-0.25, -0.2) is 0 Å². The lowest BCUT2D eigenvalue weighted by Crippen LogP contribution is -2.28. The summed E-state index contributed by atoms with van der Waals surface area (Å²) in [5, 5.41) is 4.14. The molecule has 0 spiro atoms. The summed E-state index contributed by atoms with van der Waals surface area (Å²) >= 11 is 0. The molecule has 0 N–H and O–H groups in total. The van der Waals surface area contributed by atoms with Crippen molar-refractivity contribution in [1.82, 2.24) is 20.0 Å². The zero-order chi connectivity index (χ0) is 15.5. The van der Waals surface area contributed by atoms with Crippen LogP contribution in [0.5, 0.6) is 0 Å². The number of hydrogen-bond donors (Lipinski definition) is 0. The largest absolute Gasteiger partial charge is 0.339 e. The predicted octanol–water partition coefficient (Wildman–Crippen LogP) is 3.50. The average molecular weight is 312 g/mol. The van der Waals surface area contributed by atoms with Crippen LogP contribution >= 0.6 is 0 Å². The van der Waals surface area contributed by atoms with Gasteiger partial charge >= 0.3 is 0 Å². The van der Waals surface area contributed by atoms with Crippen LogP contribution in [0.3, 0.4) is 0 Å². The van der Waals surface area contributed by atoms with Crippen molar-refractivity contribution in [1.29, 1.82) is 0 Å². The maximum absolute atomic E-state index is 5.53. The Labute approximate surface area is 137 Å². The van der Waals surface area contributed by atoms with Gasteiger partial charge in [0.05, 0.1) is 5.92 Å². The minimum Gasteiger partial charge on any atom is -0.339 e. The second kappa shape index (κ2) is 6.79. The van der Waals surface area contributed by atoms with Crippen molar-refractivity contribution >= 4 is 0 Å². The third kappa shape index (κ3) is 3.44. The highest BCUT2D eigenvalue weighted by molar-refractivity contribution is 5.52. The van der Waals surface area contributed by atoms with Gasteiger partial charge in [0.1, 0.15) is 0 Å². The summed E-state index contributed by atoms with van der Waals surface area (Å²) < 4.78 is 5.53. The summed E-state index contributed by atoms with van der Waals surface area (Å²) in [6, 6.07) is 3.83. The van der Waals surface area contributed by atoms with Gasteiger partial charge in [0.2, 0.25) is 11.7 Å². The molecule has 5 heteroatoms. The quantitative estimate of drug-likeness (QED) is 0.865. The van der Waals surface area contributed by atoms with Gasteiger partial charge in [-0.15, -0.1) is 0 Å². The Bertz CT molecular complexity index is 621. The van der Waals surface area contributed by atoms with Crippen LogP contribution in [0.2, 0.25) is 0 Å². The van der Waals surface area contributed by atoms with Crippen LogP contribution in [0, 0.1) is 5.92 Å². The van der Waals surface area contributed by atoms with E-state index in [0.717, 1.165) is 36.9 Å². The van der Waals surface area contributed by atoms with Crippen LogP contribution < -0.4 is 0 Å². The molecular weight excluding hydrogens is 288 g/mol. The summed E-state index contributed by atoms with van der Waals surface area (Å²) in [4.78, 5) is 11.2. The van der Waals surface area contributed by atoms with E-state index in [1.54, 1.807) is 12.4 Å². The van der Waals surface area contributed by atoms with Crippen molar-refractivity contribution in [3.8, 4) is 11.4 Å². The number of pyridine rings is 1. The molecule has 0 radical (unpaired) electrons. The first kappa shape index (κ1) is 14.8. The molecule has 0 aromatic carbocycles. The third-order valence-electron chi connectivity index (χ3n) is 5.24. The van der Waals surface area contributed by atoms with Gasteiger partial charge in [0, 0.05) is 31.0 Å². The molecule has 0 unspecified atom stereocenters. The average Bonchev–Trinajstić information content (AvgIpc) is 3.26. The van der Waals surface area contributed by atoms with Crippen molar-refractivity contribution < 1.29 is 4.52 Å². The van der Waals surface area contributed by atoms with E-state index in [1.807, 2.05) is 12.1 Å². The minimum atomic E-state index is 0.390. The zero-order valence-corrected chi connectivity index (χ0v) is 13.5. The monoisotopic (exact) mass is 312 g/mol. The van der Waals surface area contributed by atoms with Crippen LogP contribution in [0.4, 0.5) is 0 Å². The zero-order valence-electron chi connectivity index (χ0n) is 13.5. The highest BCUT2D eigenvalue weighted by Gasteiger charge is 2.30. The first-order valence-corrected chi connectivity index (χ1v) is 8.85. The third-order valence-corrected chi connectivity index (χ3v) is 5.24. The Hall–Kier alpha value is -1.75. The van der Waals surface area contributed by atoms with Crippen LogP contribution in [-0.2, 0) is 0 Å². The van der Waals surface area contributed by atoms with Crippen molar-refractivity contribution in [3.63, 3.8) is 0 Å². The molecule has 1 aliphatic carbocycles. The molecule has 0 amide bonds. The van der Waals surface area contributed by atoms with E-state index in [1.165, 1.54) is 38.6 Å². The molecule has 2 fully saturated rings. The molecule has 1 saturated heterocycles. The summed E-state index contributed by atoms with van der Waals surface area (Å²) in [6.45, 7) is 3.48. The lowest BCUT2D eigenvalue weighted by atomic mass is 9.89. The number of hydrogen-bond acceptors (Lipinski definition) is 5. The molecule has 1 aliphatic heterocycles. The molecule has 2 aliphatic rings. The normalized spacial score (nSPS) is 23.4. The van der Waals surface area contributed by atoms with E-state index < -0.39 is 0 Å². The van der Waals surface area contributed by atoms with Gasteiger partial charge in [0.25, 0.3) is 0 Å². The Morgan fingerprint density at radius 1 is 1.09 bits per heavy atom. The molecule has 4 rings (SSSR count). The van der Waals surface area contributed by atoms with E-state index in [2.05, 4.69) is 20.0 Å². The minimum absolute atomic E-state index is 0.390. The van der Waals surface area contributed by atoms with Crippen molar-refractivity contribution in [2.45, 2.75) is 44.4 Å². The molecule has 122 valence electrons. The Morgan fingerprint density at radius 2 is 1.91 bits per heavy atom. The van der Waals surface area contributed by atoms with E-state index in [4.69, 9.17) is 4.52 Å². The second-order valence-corrected chi connectivity index (χ2v) is 6.94. The number of rotatable bonds is 4. The molecule has 0 bridgehead atoms. The van der Waals surface area contributed by atoms with E-state index in [-0.39, 0.29) is 0 Å². The predicted molar refractivity (Wildman–Crippen MR) is 87.9 cm³/mol. The fourth-order valence-corrected chi connectivity index (χ4v) is 3.95. The Morgan fingerprint density at radius 3 is 2.74 bits per heavy atom. The fraction of sp³-hybridized carbons (Fsp3) is 0.611. The Kier molecular flexibility index (Phi) is 4.37. The lowest BCUT2D eigenvalue weighted by molar-refractivity contribution is 0.229. The van der Waals surface area contributed by atoms with Crippen LogP contribution in [0.25, 0.3) is 11.4 Å². The molecule has 1 saturated carbocycles. The molecule has 5 nitrogen and oxygen atoms in total. The smallest absolute Gasteiger partial charge is 0.231 e. The first-order valence-electron chi connectivity index (χ1n) is 8.85. The van der Waals surface area contributed by atoms with Crippen LogP contribution in [-0.4, -0.2) is 39.7 Å². The van der Waals surface area contributed by atoms with E-state index >= 15 is 0 Å². The molecular formula is C18H24N4O. The molecule has 1 atom stereocenters. The lowest BCUT2D eigenvalue weighted by Gasteiger charge is -2.26. The highest BCUT2D eigenvalue weighted by atomic mass is 16.5. The van der Waals surface area contributed by atoms with Crippen LogP contribution in [0.1, 0.15) is 50.3 Å². The van der Waals surface area contributed by atoms with Gasteiger partial charge in [-0.2, -0.15) is 4.98 Å². The van der Waals surface area contributed by atoms with Gasteiger partial charge in [-0.1, -0.05) is 24.4 Å². The number of likely N-dealkylation sites (tertiary alicyclic amines) is 1. The van der Waals surface area contributed by atoms with Crippen molar-refractivity contribution in [3.05, 3.63) is 30.4 Å². The van der Waals surface area contributed by atoms with Gasteiger partial charge < -0.3 is 9.42 Å². The standard InChI is InChI=1S/C18H24N4O/c1-2-4-14(5-3-1)12-22-11-8-16(13-22)18-20-17(21-23-18)15-6-9-19-10-7-15/h6-7,9-10,14,16H,1-5,8,11-13H2/t16-/m1/s1. The maximum atomic E-state index is 5.53. The van der Waals surface area contributed by atoms with E-state index in [9.17, 15) is 0 Å². The van der Waals surface area contributed by atoms with Crippen molar-refractivity contribution in [2.75, 3.05) is 19.6 Å². The van der Waals surface area contributed by atoms with E-state index in [0.29, 0.717) is 11.7 Å². The topological polar surface area (TPSA) is 55.1 Å². The first-order chi connectivity index (χ1) is 11.4. The fourth-order valence-electron chi connectivity index (χ4n) is 3.95. The second-order valence-electron chi connectivity index (χ2n) is 6.94. The van der Waals surface area contributed by atoms with Crippen molar-refractivity contribution in [2.24, 2.45) is 5.92 Å². The molecule has 23 heavy (non-hydrogen) atoms. The number of nitrogens with zero attached hydrogens (tertiary/aromatic N) is 4. The summed E-state index contributed by atoms with van der Waals surface area (Å²) in [5.74, 6) is 2.76. The maximum Gasteiger partial charge on any atom is 0.231 e.